The predicted molar refractivity (Wildman–Crippen MR) is 109 cm³/mol. The fraction of sp³-hybridized carbons (Fsp3) is 0.174. The van der Waals surface area contributed by atoms with E-state index in [1.807, 2.05) is 54.6 Å². The monoisotopic (exact) mass is 355 g/mol. The molecule has 1 N–H and O–H groups in total. The number of nitrogens with one attached hydrogen (secondary N) is 1. The van der Waals surface area contributed by atoms with Crippen LogP contribution in [0.4, 0.5) is 5.69 Å². The molecule has 0 aliphatic heterocycles. The van der Waals surface area contributed by atoms with Gasteiger partial charge in [-0.2, -0.15) is 5.26 Å². The van der Waals surface area contributed by atoms with Crippen LogP contribution in [-0.2, 0) is 10.2 Å². The van der Waals surface area contributed by atoms with Crippen molar-refractivity contribution in [3.05, 3.63) is 77.5 Å². The number of anilines is 1. The summed E-state index contributed by atoms with van der Waals surface area (Å²) in [6, 6.07) is 19.1. The molecule has 1 heterocycles. The van der Waals surface area contributed by atoms with E-state index in [2.05, 4.69) is 31.1 Å². The van der Waals surface area contributed by atoms with E-state index < -0.39 is 5.91 Å². The van der Waals surface area contributed by atoms with Gasteiger partial charge in [0.25, 0.3) is 5.91 Å². The number of hydrogen-bond acceptors (Lipinski definition) is 3. The molecule has 0 atom stereocenters. The fourth-order valence-corrected chi connectivity index (χ4v) is 2.80. The SMILES string of the molecule is CC(C)(C)c1ccc(/C=C(\C#N)C(=O)Nc2cccc3ncccc23)cc1. The molecule has 0 radical (unpaired) electrons. The summed E-state index contributed by atoms with van der Waals surface area (Å²) >= 11 is 0. The van der Waals surface area contributed by atoms with E-state index in [0.717, 1.165) is 16.5 Å². The van der Waals surface area contributed by atoms with Crippen LogP contribution in [0, 0.1) is 11.3 Å². The number of rotatable bonds is 3. The maximum atomic E-state index is 12.6. The molecule has 0 bridgehead atoms. The van der Waals surface area contributed by atoms with E-state index in [-0.39, 0.29) is 11.0 Å². The molecule has 3 aromatic rings. The average Bonchev–Trinajstić information content (AvgIpc) is 2.66. The highest BCUT2D eigenvalue weighted by molar-refractivity contribution is 6.12. The zero-order chi connectivity index (χ0) is 19.4. The van der Waals surface area contributed by atoms with Crippen LogP contribution >= 0.6 is 0 Å². The highest BCUT2D eigenvalue weighted by Crippen LogP contribution is 2.24. The van der Waals surface area contributed by atoms with Crippen LogP contribution in [0.1, 0.15) is 31.9 Å². The van der Waals surface area contributed by atoms with Crippen LogP contribution in [-0.4, -0.2) is 10.9 Å². The number of amides is 1. The summed E-state index contributed by atoms with van der Waals surface area (Å²) < 4.78 is 0. The van der Waals surface area contributed by atoms with Gasteiger partial charge in [0.05, 0.1) is 11.2 Å². The Hall–Kier alpha value is -3.45. The molecule has 0 spiro atoms. The largest absolute Gasteiger partial charge is 0.321 e. The minimum atomic E-state index is -0.436. The van der Waals surface area contributed by atoms with Gasteiger partial charge in [0, 0.05) is 11.6 Å². The van der Waals surface area contributed by atoms with Crippen molar-refractivity contribution in [1.82, 2.24) is 4.98 Å². The number of aromatic nitrogens is 1. The van der Waals surface area contributed by atoms with E-state index in [4.69, 9.17) is 0 Å². The molecular weight excluding hydrogens is 334 g/mol. The van der Waals surface area contributed by atoms with Crippen LogP contribution in [0.3, 0.4) is 0 Å². The van der Waals surface area contributed by atoms with Gasteiger partial charge in [-0.15, -0.1) is 0 Å². The van der Waals surface area contributed by atoms with E-state index >= 15 is 0 Å². The van der Waals surface area contributed by atoms with E-state index in [1.165, 1.54) is 5.56 Å². The van der Waals surface area contributed by atoms with Crippen molar-refractivity contribution in [1.29, 1.82) is 5.26 Å². The number of hydrogen-bond donors (Lipinski definition) is 1. The number of nitrogens with zero attached hydrogens (tertiary/aromatic N) is 2. The molecule has 0 aliphatic rings. The van der Waals surface area contributed by atoms with Gasteiger partial charge in [0.1, 0.15) is 11.6 Å². The van der Waals surface area contributed by atoms with E-state index in [0.29, 0.717) is 5.69 Å². The third-order valence-corrected chi connectivity index (χ3v) is 4.35. The molecule has 4 nitrogen and oxygen atoms in total. The first-order valence-corrected chi connectivity index (χ1v) is 8.76. The Kier molecular flexibility index (Phi) is 5.05. The number of nitriles is 1. The molecule has 0 saturated carbocycles. The van der Waals surface area contributed by atoms with E-state index in [1.54, 1.807) is 18.3 Å². The zero-order valence-electron chi connectivity index (χ0n) is 15.7. The van der Waals surface area contributed by atoms with Gasteiger partial charge >= 0.3 is 0 Å². The summed E-state index contributed by atoms with van der Waals surface area (Å²) in [5, 5.41) is 13.1. The van der Waals surface area contributed by atoms with Crippen LogP contribution in [0.5, 0.6) is 0 Å². The molecule has 4 heteroatoms. The quantitative estimate of drug-likeness (QED) is 0.526. The van der Waals surface area contributed by atoms with Crippen LogP contribution in [0.15, 0.2) is 66.4 Å². The first-order chi connectivity index (χ1) is 12.9. The maximum Gasteiger partial charge on any atom is 0.266 e. The van der Waals surface area contributed by atoms with E-state index in [9.17, 15) is 10.1 Å². The number of carbonyl (C=O) groups is 1. The Labute approximate surface area is 159 Å². The average molecular weight is 355 g/mol. The first-order valence-electron chi connectivity index (χ1n) is 8.76. The Bertz CT molecular complexity index is 1050. The Morgan fingerprint density at radius 1 is 1.07 bits per heavy atom. The predicted octanol–water partition coefficient (Wildman–Crippen LogP) is 5.08. The Balaban J connectivity index is 1.86. The molecule has 27 heavy (non-hydrogen) atoms. The highest BCUT2D eigenvalue weighted by Gasteiger charge is 2.14. The normalized spacial score (nSPS) is 11.9. The standard InChI is InChI=1S/C23H21N3O/c1-23(2,3)18-11-9-16(10-12-18)14-17(15-24)22(27)26-21-8-4-7-20-19(21)6-5-13-25-20/h4-14H,1-3H3,(H,26,27)/b17-14+. The van der Waals surface area contributed by atoms with Gasteiger partial charge in [-0.1, -0.05) is 51.1 Å². The Morgan fingerprint density at radius 2 is 1.81 bits per heavy atom. The van der Waals surface area contributed by atoms with Gasteiger partial charge in [-0.05, 0) is 46.9 Å². The van der Waals surface area contributed by atoms with Gasteiger partial charge in [-0.25, -0.2) is 0 Å². The summed E-state index contributed by atoms with van der Waals surface area (Å²) in [7, 11) is 0. The van der Waals surface area contributed by atoms with Crippen LogP contribution < -0.4 is 5.32 Å². The number of carbonyl (C=O) groups excluding carboxylic acids is 1. The molecule has 0 aliphatic carbocycles. The minimum absolute atomic E-state index is 0.0550. The summed E-state index contributed by atoms with van der Waals surface area (Å²) in [5.74, 6) is -0.436. The number of fused-ring (bicyclic) bond motifs is 1. The zero-order valence-corrected chi connectivity index (χ0v) is 15.7. The molecule has 134 valence electrons. The van der Waals surface area contributed by atoms with Gasteiger partial charge in [0.2, 0.25) is 0 Å². The van der Waals surface area contributed by atoms with Crippen LogP contribution in [0.25, 0.3) is 17.0 Å². The molecule has 1 aromatic heterocycles. The summed E-state index contributed by atoms with van der Waals surface area (Å²) in [6.07, 6.45) is 3.31. The fourth-order valence-electron chi connectivity index (χ4n) is 2.80. The smallest absolute Gasteiger partial charge is 0.266 e. The van der Waals surface area contributed by atoms with Crippen molar-refractivity contribution in [2.75, 3.05) is 5.32 Å². The lowest BCUT2D eigenvalue weighted by Gasteiger charge is -2.18. The molecular formula is C23H21N3O. The molecule has 1 amide bonds. The topological polar surface area (TPSA) is 65.8 Å². The molecule has 0 unspecified atom stereocenters. The van der Waals surface area contributed by atoms with Crippen molar-refractivity contribution in [2.24, 2.45) is 0 Å². The van der Waals surface area contributed by atoms with Crippen LogP contribution in [0.2, 0.25) is 0 Å². The van der Waals surface area contributed by atoms with Gasteiger partial charge in [-0.3, -0.25) is 9.78 Å². The second-order valence-corrected chi connectivity index (χ2v) is 7.37. The van der Waals surface area contributed by atoms with Gasteiger partial charge in [0.15, 0.2) is 0 Å². The number of pyridine rings is 1. The summed E-state index contributed by atoms with van der Waals surface area (Å²) in [5.41, 5.74) is 3.55. The van der Waals surface area contributed by atoms with Crippen molar-refractivity contribution >= 4 is 28.6 Å². The van der Waals surface area contributed by atoms with Crippen molar-refractivity contribution in [3.8, 4) is 6.07 Å². The minimum Gasteiger partial charge on any atom is -0.321 e. The lowest BCUT2D eigenvalue weighted by molar-refractivity contribution is -0.112. The summed E-state index contributed by atoms with van der Waals surface area (Å²) in [6.45, 7) is 6.43. The van der Waals surface area contributed by atoms with Crippen molar-refractivity contribution < 1.29 is 4.79 Å². The molecule has 0 saturated heterocycles. The molecule has 0 fully saturated rings. The summed E-state index contributed by atoms with van der Waals surface area (Å²) in [4.78, 5) is 16.9. The lowest BCUT2D eigenvalue weighted by atomic mass is 9.86. The first kappa shape index (κ1) is 18.3. The third-order valence-electron chi connectivity index (χ3n) is 4.35. The maximum absolute atomic E-state index is 12.6. The highest BCUT2D eigenvalue weighted by atomic mass is 16.1. The Morgan fingerprint density at radius 3 is 2.48 bits per heavy atom. The number of benzene rings is 2. The van der Waals surface area contributed by atoms with Gasteiger partial charge < -0.3 is 5.32 Å². The molecule has 2 aromatic carbocycles. The second-order valence-electron chi connectivity index (χ2n) is 7.37. The third kappa shape index (κ3) is 4.21. The second kappa shape index (κ2) is 7.43. The van der Waals surface area contributed by atoms with Crippen molar-refractivity contribution in [2.45, 2.75) is 26.2 Å². The van der Waals surface area contributed by atoms with Crippen molar-refractivity contribution in [3.63, 3.8) is 0 Å². The molecule has 3 rings (SSSR count). The lowest BCUT2D eigenvalue weighted by Crippen LogP contribution is -2.14.